The average Bonchev–Trinajstić information content (AvgIpc) is 2.28. The fraction of sp³-hybridized carbons (Fsp3) is 0.286. The van der Waals surface area contributed by atoms with Crippen LogP contribution in [0.15, 0.2) is 40.9 Å². The van der Waals surface area contributed by atoms with E-state index in [1.165, 1.54) is 10.8 Å². The molecule has 0 bridgehead atoms. The highest BCUT2D eigenvalue weighted by Crippen LogP contribution is 2.33. The van der Waals surface area contributed by atoms with E-state index in [4.69, 9.17) is 4.74 Å². The molecule has 2 heteroatoms. The highest BCUT2D eigenvalue weighted by Gasteiger charge is 2.06. The summed E-state index contributed by atoms with van der Waals surface area (Å²) in [6.07, 6.45) is 0. The van der Waals surface area contributed by atoms with Crippen LogP contribution in [0.2, 0.25) is 0 Å². The first kappa shape index (κ1) is 11.5. The Kier molecular flexibility index (Phi) is 3.49. The summed E-state index contributed by atoms with van der Waals surface area (Å²) in [7, 11) is 0. The largest absolute Gasteiger partial charge is 0.492 e. The van der Waals surface area contributed by atoms with E-state index < -0.39 is 0 Å². The predicted molar refractivity (Wildman–Crippen MR) is 72.0 cm³/mol. The summed E-state index contributed by atoms with van der Waals surface area (Å²) in [5, 5.41) is 2.43. The van der Waals surface area contributed by atoms with E-state index in [2.05, 4.69) is 48.0 Å². The maximum absolute atomic E-state index is 5.76. The fourth-order valence-corrected chi connectivity index (χ4v) is 2.19. The van der Waals surface area contributed by atoms with Gasteiger partial charge in [0.05, 0.1) is 11.1 Å². The molecule has 2 aromatic carbocycles. The summed E-state index contributed by atoms with van der Waals surface area (Å²) in [5.74, 6) is 1.46. The number of halogens is 1. The molecule has 0 fully saturated rings. The molecular weight excluding hydrogens is 264 g/mol. The lowest BCUT2D eigenvalue weighted by Crippen LogP contribution is -2.04. The minimum atomic E-state index is 0.540. The standard InChI is InChI=1S/C14H15BrO/c1-10(2)9-16-13-8-7-11-5-3-4-6-12(11)14(13)15/h3-8,10H,9H2,1-2H3. The van der Waals surface area contributed by atoms with Crippen LogP contribution in [0.25, 0.3) is 10.8 Å². The van der Waals surface area contributed by atoms with Crippen LogP contribution in [-0.4, -0.2) is 6.61 Å². The topological polar surface area (TPSA) is 9.23 Å². The summed E-state index contributed by atoms with van der Waals surface area (Å²) in [5.41, 5.74) is 0. The number of ether oxygens (including phenoxy) is 1. The first-order chi connectivity index (χ1) is 7.68. The van der Waals surface area contributed by atoms with Crippen molar-refractivity contribution in [3.8, 4) is 5.75 Å². The Morgan fingerprint density at radius 3 is 2.62 bits per heavy atom. The predicted octanol–water partition coefficient (Wildman–Crippen LogP) is 4.64. The quantitative estimate of drug-likeness (QED) is 0.795. The van der Waals surface area contributed by atoms with Gasteiger partial charge in [-0.05, 0) is 38.7 Å². The van der Waals surface area contributed by atoms with Crippen LogP contribution in [0.4, 0.5) is 0 Å². The average molecular weight is 279 g/mol. The van der Waals surface area contributed by atoms with Crippen LogP contribution in [0.5, 0.6) is 5.75 Å². The molecule has 0 N–H and O–H groups in total. The van der Waals surface area contributed by atoms with Gasteiger partial charge < -0.3 is 4.74 Å². The van der Waals surface area contributed by atoms with Gasteiger partial charge in [-0.15, -0.1) is 0 Å². The van der Waals surface area contributed by atoms with E-state index in [0.717, 1.165) is 16.8 Å². The maximum Gasteiger partial charge on any atom is 0.134 e. The van der Waals surface area contributed by atoms with E-state index in [9.17, 15) is 0 Å². The summed E-state index contributed by atoms with van der Waals surface area (Å²) in [6.45, 7) is 5.04. The Hall–Kier alpha value is -1.02. The Labute approximate surface area is 105 Å². The van der Waals surface area contributed by atoms with Crippen molar-refractivity contribution in [2.45, 2.75) is 13.8 Å². The lowest BCUT2D eigenvalue weighted by Gasteiger charge is -2.11. The first-order valence-corrected chi connectivity index (χ1v) is 6.28. The lowest BCUT2D eigenvalue weighted by molar-refractivity contribution is 0.270. The van der Waals surface area contributed by atoms with Crippen LogP contribution < -0.4 is 4.74 Å². The molecule has 0 amide bonds. The number of fused-ring (bicyclic) bond motifs is 1. The van der Waals surface area contributed by atoms with Crippen LogP contribution in [-0.2, 0) is 0 Å². The molecule has 0 radical (unpaired) electrons. The molecule has 0 saturated carbocycles. The van der Waals surface area contributed by atoms with Crippen molar-refractivity contribution in [1.29, 1.82) is 0 Å². The minimum Gasteiger partial charge on any atom is -0.492 e. The third kappa shape index (κ3) is 2.38. The van der Waals surface area contributed by atoms with Crippen molar-refractivity contribution < 1.29 is 4.74 Å². The van der Waals surface area contributed by atoms with Crippen molar-refractivity contribution in [3.63, 3.8) is 0 Å². The summed E-state index contributed by atoms with van der Waals surface area (Å²) in [6, 6.07) is 12.4. The van der Waals surface area contributed by atoms with E-state index in [1.807, 2.05) is 18.2 Å². The smallest absolute Gasteiger partial charge is 0.134 e. The lowest BCUT2D eigenvalue weighted by atomic mass is 10.1. The van der Waals surface area contributed by atoms with Crippen LogP contribution in [0, 0.1) is 5.92 Å². The van der Waals surface area contributed by atoms with Gasteiger partial charge in [-0.1, -0.05) is 44.2 Å². The second-order valence-corrected chi connectivity index (χ2v) is 5.10. The fourth-order valence-electron chi connectivity index (χ4n) is 1.58. The van der Waals surface area contributed by atoms with Gasteiger partial charge in [-0.2, -0.15) is 0 Å². The summed E-state index contributed by atoms with van der Waals surface area (Å²) in [4.78, 5) is 0. The molecule has 16 heavy (non-hydrogen) atoms. The second kappa shape index (κ2) is 4.88. The molecule has 0 heterocycles. The zero-order chi connectivity index (χ0) is 11.5. The van der Waals surface area contributed by atoms with Gasteiger partial charge in [0.2, 0.25) is 0 Å². The highest BCUT2D eigenvalue weighted by atomic mass is 79.9. The Morgan fingerprint density at radius 1 is 1.12 bits per heavy atom. The number of hydrogen-bond donors (Lipinski definition) is 0. The van der Waals surface area contributed by atoms with E-state index in [1.54, 1.807) is 0 Å². The second-order valence-electron chi connectivity index (χ2n) is 4.30. The van der Waals surface area contributed by atoms with Gasteiger partial charge in [-0.25, -0.2) is 0 Å². The molecule has 2 aromatic rings. The molecular formula is C14H15BrO. The normalized spacial score (nSPS) is 11.0. The molecule has 0 atom stereocenters. The van der Waals surface area contributed by atoms with Gasteiger partial charge in [0.1, 0.15) is 5.75 Å². The van der Waals surface area contributed by atoms with Crippen molar-refractivity contribution >= 4 is 26.7 Å². The third-order valence-corrected chi connectivity index (χ3v) is 3.22. The molecule has 0 aliphatic rings. The van der Waals surface area contributed by atoms with E-state index >= 15 is 0 Å². The van der Waals surface area contributed by atoms with Gasteiger partial charge in [0.25, 0.3) is 0 Å². The van der Waals surface area contributed by atoms with Crippen LogP contribution in [0.1, 0.15) is 13.8 Å². The highest BCUT2D eigenvalue weighted by molar-refractivity contribution is 9.10. The minimum absolute atomic E-state index is 0.540. The Balaban J connectivity index is 2.37. The van der Waals surface area contributed by atoms with Crippen molar-refractivity contribution in [1.82, 2.24) is 0 Å². The molecule has 0 unspecified atom stereocenters. The van der Waals surface area contributed by atoms with E-state index in [-0.39, 0.29) is 0 Å². The van der Waals surface area contributed by atoms with Crippen molar-refractivity contribution in [3.05, 3.63) is 40.9 Å². The number of benzene rings is 2. The summed E-state index contributed by atoms with van der Waals surface area (Å²) >= 11 is 3.61. The Bertz CT molecular complexity index is 491. The van der Waals surface area contributed by atoms with Crippen LogP contribution in [0.3, 0.4) is 0 Å². The molecule has 0 spiro atoms. The molecule has 1 nitrogen and oxygen atoms in total. The van der Waals surface area contributed by atoms with E-state index in [0.29, 0.717) is 5.92 Å². The maximum atomic E-state index is 5.76. The summed E-state index contributed by atoms with van der Waals surface area (Å²) < 4.78 is 6.81. The van der Waals surface area contributed by atoms with Gasteiger partial charge in [0.15, 0.2) is 0 Å². The van der Waals surface area contributed by atoms with Gasteiger partial charge >= 0.3 is 0 Å². The number of hydrogen-bond acceptors (Lipinski definition) is 1. The molecule has 0 saturated heterocycles. The third-order valence-electron chi connectivity index (χ3n) is 2.40. The van der Waals surface area contributed by atoms with Crippen LogP contribution >= 0.6 is 15.9 Å². The number of rotatable bonds is 3. The zero-order valence-corrected chi connectivity index (χ0v) is 11.1. The van der Waals surface area contributed by atoms with Gasteiger partial charge in [0, 0.05) is 0 Å². The first-order valence-electron chi connectivity index (χ1n) is 5.48. The van der Waals surface area contributed by atoms with Crippen molar-refractivity contribution in [2.75, 3.05) is 6.61 Å². The Morgan fingerprint density at radius 2 is 1.88 bits per heavy atom. The molecule has 0 aromatic heterocycles. The zero-order valence-electron chi connectivity index (χ0n) is 9.53. The molecule has 0 aliphatic heterocycles. The van der Waals surface area contributed by atoms with Gasteiger partial charge in [-0.3, -0.25) is 0 Å². The SMILES string of the molecule is CC(C)COc1ccc2ccccc2c1Br. The monoisotopic (exact) mass is 278 g/mol. The molecule has 2 rings (SSSR count). The van der Waals surface area contributed by atoms with Crippen molar-refractivity contribution in [2.24, 2.45) is 5.92 Å². The molecule has 0 aliphatic carbocycles. The molecule has 84 valence electrons.